The van der Waals surface area contributed by atoms with Crippen LogP contribution in [0.3, 0.4) is 0 Å². The summed E-state index contributed by atoms with van der Waals surface area (Å²) >= 11 is 0. The summed E-state index contributed by atoms with van der Waals surface area (Å²) in [5, 5.41) is 7.68. The van der Waals surface area contributed by atoms with E-state index in [1.165, 1.54) is 6.07 Å². The third-order valence-corrected chi connectivity index (χ3v) is 8.19. The van der Waals surface area contributed by atoms with Crippen LogP contribution in [-0.2, 0) is 12.8 Å². The first kappa shape index (κ1) is 20.8. The number of halogens is 1. The molecule has 1 aromatic carbocycles. The fourth-order valence-electron chi connectivity index (χ4n) is 6.28. The lowest BCUT2D eigenvalue weighted by atomic mass is 9.73. The third kappa shape index (κ3) is 3.14. The molecule has 0 amide bonds. The van der Waals surface area contributed by atoms with Crippen LogP contribution in [0.2, 0.25) is 0 Å². The summed E-state index contributed by atoms with van der Waals surface area (Å²) in [4.78, 5) is 18.6. The highest BCUT2D eigenvalue weighted by Crippen LogP contribution is 2.51. The zero-order chi connectivity index (χ0) is 23.6. The van der Waals surface area contributed by atoms with Crippen molar-refractivity contribution in [2.24, 2.45) is 11.1 Å². The van der Waals surface area contributed by atoms with Gasteiger partial charge in [0, 0.05) is 37.4 Å². The molecular formula is C26H27FN8. The van der Waals surface area contributed by atoms with E-state index in [0.717, 1.165) is 85.8 Å². The van der Waals surface area contributed by atoms with Crippen molar-refractivity contribution in [2.75, 3.05) is 29.4 Å². The Morgan fingerprint density at radius 2 is 1.97 bits per heavy atom. The van der Waals surface area contributed by atoms with Gasteiger partial charge < -0.3 is 15.5 Å². The summed E-state index contributed by atoms with van der Waals surface area (Å²) in [5.74, 6) is 1.45. The molecule has 0 radical (unpaired) electrons. The van der Waals surface area contributed by atoms with Crippen LogP contribution in [-0.4, -0.2) is 44.8 Å². The number of nitrogens with zero attached hydrogens (tertiary/aromatic N) is 6. The molecule has 1 atom stereocenters. The summed E-state index contributed by atoms with van der Waals surface area (Å²) in [5.41, 5.74) is 11.9. The maximum atomic E-state index is 14.5. The van der Waals surface area contributed by atoms with Crippen molar-refractivity contribution in [1.82, 2.24) is 25.1 Å². The number of benzene rings is 1. The van der Waals surface area contributed by atoms with E-state index in [-0.39, 0.29) is 17.3 Å². The van der Waals surface area contributed by atoms with Crippen LogP contribution in [0.15, 0.2) is 42.7 Å². The lowest BCUT2D eigenvalue weighted by Gasteiger charge is -2.42. The summed E-state index contributed by atoms with van der Waals surface area (Å²) in [6.45, 7) is 2.50. The van der Waals surface area contributed by atoms with Crippen LogP contribution in [0, 0.1) is 11.2 Å². The lowest BCUT2D eigenvalue weighted by molar-refractivity contribution is 0.185. The highest BCUT2D eigenvalue weighted by Gasteiger charge is 2.47. The smallest absolute Gasteiger partial charge is 0.183 e. The molecule has 3 N–H and O–H groups in total. The number of piperidine rings is 1. The van der Waals surface area contributed by atoms with Crippen LogP contribution in [0.4, 0.5) is 21.7 Å². The highest BCUT2D eigenvalue weighted by molar-refractivity contribution is 5.87. The number of aromatic amines is 1. The van der Waals surface area contributed by atoms with Crippen LogP contribution in [0.5, 0.6) is 0 Å². The van der Waals surface area contributed by atoms with Gasteiger partial charge in [-0.2, -0.15) is 5.10 Å². The van der Waals surface area contributed by atoms with Gasteiger partial charge in [0.1, 0.15) is 11.6 Å². The fraction of sp³-hybridized carbons (Fsp3) is 0.385. The molecule has 178 valence electrons. The molecule has 1 fully saturated rings. The van der Waals surface area contributed by atoms with Crippen molar-refractivity contribution in [1.29, 1.82) is 0 Å². The Hall–Kier alpha value is -3.59. The monoisotopic (exact) mass is 470 g/mol. The van der Waals surface area contributed by atoms with Gasteiger partial charge in [-0.25, -0.2) is 14.4 Å². The second kappa shape index (κ2) is 7.71. The average Bonchev–Trinajstić information content (AvgIpc) is 3.43. The van der Waals surface area contributed by atoms with Gasteiger partial charge in [-0.15, -0.1) is 0 Å². The molecule has 1 spiro atoms. The van der Waals surface area contributed by atoms with Gasteiger partial charge in [0.05, 0.1) is 17.6 Å². The Morgan fingerprint density at radius 3 is 2.83 bits per heavy atom. The summed E-state index contributed by atoms with van der Waals surface area (Å²) in [6, 6.07) is 9.12. The van der Waals surface area contributed by atoms with Crippen molar-refractivity contribution in [3.05, 3.63) is 65.4 Å². The Labute approximate surface area is 202 Å². The van der Waals surface area contributed by atoms with Crippen LogP contribution in [0.25, 0.3) is 11.2 Å². The number of rotatable bonds is 2. The number of aromatic nitrogens is 5. The van der Waals surface area contributed by atoms with Gasteiger partial charge in [0.15, 0.2) is 17.0 Å². The maximum Gasteiger partial charge on any atom is 0.183 e. The molecule has 8 nitrogen and oxygen atoms in total. The van der Waals surface area contributed by atoms with E-state index in [1.807, 2.05) is 24.5 Å². The second-order valence-electron chi connectivity index (χ2n) is 10.0. The zero-order valence-corrected chi connectivity index (χ0v) is 19.4. The molecule has 0 saturated carbocycles. The van der Waals surface area contributed by atoms with Gasteiger partial charge in [0.25, 0.3) is 0 Å². The van der Waals surface area contributed by atoms with Crippen molar-refractivity contribution in [2.45, 2.75) is 38.1 Å². The van der Waals surface area contributed by atoms with E-state index in [1.54, 1.807) is 6.07 Å². The van der Waals surface area contributed by atoms with Crippen LogP contribution >= 0.6 is 0 Å². The largest absolute Gasteiger partial charge is 0.355 e. The Balaban J connectivity index is 1.13. The normalized spacial score (nSPS) is 20.9. The van der Waals surface area contributed by atoms with Gasteiger partial charge >= 0.3 is 0 Å². The number of nitrogens with two attached hydrogens (primary N) is 1. The molecule has 4 aromatic rings. The molecule has 0 bridgehead atoms. The van der Waals surface area contributed by atoms with Crippen LogP contribution in [0.1, 0.15) is 42.1 Å². The first-order valence-electron chi connectivity index (χ1n) is 12.3. The van der Waals surface area contributed by atoms with E-state index >= 15 is 0 Å². The van der Waals surface area contributed by atoms with Gasteiger partial charge in [-0.3, -0.25) is 10.1 Å². The zero-order valence-electron chi connectivity index (χ0n) is 19.4. The van der Waals surface area contributed by atoms with E-state index < -0.39 is 0 Å². The Morgan fingerprint density at radius 1 is 1.09 bits per heavy atom. The highest BCUT2D eigenvalue weighted by atomic mass is 19.1. The van der Waals surface area contributed by atoms with Crippen molar-refractivity contribution in [3.8, 4) is 0 Å². The minimum atomic E-state index is -0.258. The first-order valence-corrected chi connectivity index (χ1v) is 12.3. The Kier molecular flexibility index (Phi) is 4.57. The number of H-pyrrole nitrogens is 1. The standard InChI is InChI=1S/C26H27FN8/c27-17-5-1-4-16-14-26(23(28)21(16)17)8-12-34(13-9-26)20-15-30-22-24(31-20)32-33-25(22)35-11-3-6-18-19(35)7-2-10-29-18/h1-2,4-5,7,10,15,23H,3,6,8-9,11-14,28H2,(H,31,32,33)/t23-/m1/s1. The van der Waals surface area contributed by atoms with E-state index in [2.05, 4.69) is 31.0 Å². The van der Waals surface area contributed by atoms with Gasteiger partial charge in [-0.05, 0) is 61.3 Å². The lowest BCUT2D eigenvalue weighted by Crippen LogP contribution is -2.44. The number of hydrogen-bond donors (Lipinski definition) is 2. The van der Waals surface area contributed by atoms with Crippen molar-refractivity contribution in [3.63, 3.8) is 0 Å². The second-order valence-corrected chi connectivity index (χ2v) is 10.0. The molecule has 5 heterocycles. The molecule has 3 aliphatic rings. The maximum absolute atomic E-state index is 14.5. The van der Waals surface area contributed by atoms with Gasteiger partial charge in [-0.1, -0.05) is 12.1 Å². The number of hydrogen-bond acceptors (Lipinski definition) is 7. The molecule has 35 heavy (non-hydrogen) atoms. The molecule has 3 aromatic heterocycles. The summed E-state index contributed by atoms with van der Waals surface area (Å²) < 4.78 is 14.5. The van der Waals surface area contributed by atoms with Gasteiger partial charge in [0.2, 0.25) is 0 Å². The van der Waals surface area contributed by atoms with Crippen LogP contribution < -0.4 is 15.5 Å². The molecule has 1 saturated heterocycles. The Bertz CT molecular complexity index is 1420. The van der Waals surface area contributed by atoms with E-state index in [9.17, 15) is 4.39 Å². The molecule has 0 unspecified atom stereocenters. The van der Waals surface area contributed by atoms with Crippen molar-refractivity contribution >= 4 is 28.5 Å². The van der Waals surface area contributed by atoms with E-state index in [4.69, 9.17) is 15.7 Å². The number of pyridine rings is 1. The number of anilines is 3. The molecule has 2 aliphatic heterocycles. The van der Waals surface area contributed by atoms with E-state index in [0.29, 0.717) is 11.2 Å². The topological polar surface area (TPSA) is 99.9 Å². The molecular weight excluding hydrogens is 443 g/mol. The first-order chi connectivity index (χ1) is 17.1. The summed E-state index contributed by atoms with van der Waals surface area (Å²) in [7, 11) is 0. The number of aryl methyl sites for hydroxylation is 1. The molecule has 7 rings (SSSR count). The average molecular weight is 471 g/mol. The fourth-order valence-corrected chi connectivity index (χ4v) is 6.28. The number of nitrogens with one attached hydrogen (secondary N) is 1. The third-order valence-electron chi connectivity index (χ3n) is 8.19. The predicted molar refractivity (Wildman–Crippen MR) is 132 cm³/mol. The van der Waals surface area contributed by atoms with Crippen molar-refractivity contribution < 1.29 is 4.39 Å². The quantitative estimate of drug-likeness (QED) is 0.459. The number of fused-ring (bicyclic) bond motifs is 3. The summed E-state index contributed by atoms with van der Waals surface area (Å²) in [6.07, 6.45) is 8.32. The minimum Gasteiger partial charge on any atom is -0.355 e. The molecule has 9 heteroatoms. The molecule has 1 aliphatic carbocycles. The predicted octanol–water partition coefficient (Wildman–Crippen LogP) is 3.81. The SMILES string of the molecule is N[C@@H]1c2c(F)cccc2CC12CCN(c1cnc3c(N4CCCc5ncccc54)n[nH]c3n1)CC2. The minimum absolute atomic E-state index is 0.0879.